The molecule has 2 nitrogen and oxygen atoms in total. The molecule has 0 aromatic heterocycles. The molecular formula is C18H9Cl3F6O2. The van der Waals surface area contributed by atoms with Crippen LogP contribution in [0.5, 0.6) is 0 Å². The molecule has 0 aliphatic carbocycles. The van der Waals surface area contributed by atoms with Crippen LogP contribution in [0.15, 0.2) is 36.4 Å². The molecule has 0 heterocycles. The van der Waals surface area contributed by atoms with Crippen LogP contribution in [0.1, 0.15) is 27.0 Å². The lowest BCUT2D eigenvalue weighted by atomic mass is 9.99. The molecule has 0 saturated heterocycles. The van der Waals surface area contributed by atoms with Gasteiger partial charge in [-0.2, -0.15) is 26.3 Å². The zero-order chi connectivity index (χ0) is 22.1. The third kappa shape index (κ3) is 5.58. The minimum Gasteiger partial charge on any atom is -0.478 e. The van der Waals surface area contributed by atoms with E-state index in [1.54, 1.807) is 0 Å². The molecule has 0 aliphatic heterocycles. The zero-order valence-electron chi connectivity index (χ0n) is 13.9. The molecule has 0 amide bonds. The quantitative estimate of drug-likeness (QED) is 0.365. The molecule has 0 aliphatic rings. The van der Waals surface area contributed by atoms with Crippen molar-refractivity contribution in [1.82, 2.24) is 0 Å². The first-order chi connectivity index (χ1) is 13.2. The number of hydrogen-bond acceptors (Lipinski definition) is 1. The number of halogens is 9. The van der Waals surface area contributed by atoms with Crippen molar-refractivity contribution in [2.45, 2.75) is 18.8 Å². The van der Waals surface area contributed by atoms with Crippen LogP contribution in [0.4, 0.5) is 26.3 Å². The highest BCUT2D eigenvalue weighted by Crippen LogP contribution is 2.40. The Morgan fingerprint density at radius 1 is 0.966 bits per heavy atom. The third-order valence-electron chi connectivity index (χ3n) is 3.76. The Kier molecular flexibility index (Phi) is 6.82. The van der Waals surface area contributed by atoms with Gasteiger partial charge in [-0.25, -0.2) is 4.79 Å². The fraction of sp³-hybridized carbons (Fsp3) is 0.167. The number of alkyl halides is 6. The van der Waals surface area contributed by atoms with Crippen LogP contribution in [0.2, 0.25) is 15.1 Å². The van der Waals surface area contributed by atoms with Gasteiger partial charge >= 0.3 is 18.3 Å². The van der Waals surface area contributed by atoms with Gasteiger partial charge in [-0.05, 0) is 41.8 Å². The average Bonchev–Trinajstić information content (AvgIpc) is 2.57. The number of allylic oxidation sites excluding steroid dienone is 2. The van der Waals surface area contributed by atoms with Crippen molar-refractivity contribution in [3.8, 4) is 0 Å². The van der Waals surface area contributed by atoms with Gasteiger partial charge in [-0.1, -0.05) is 46.9 Å². The van der Waals surface area contributed by atoms with E-state index >= 15 is 0 Å². The van der Waals surface area contributed by atoms with E-state index in [0.29, 0.717) is 18.2 Å². The lowest BCUT2D eigenvalue weighted by molar-refractivity contribution is -0.138. The normalized spacial score (nSPS) is 12.9. The maximum absolute atomic E-state index is 13.5. The van der Waals surface area contributed by atoms with E-state index < -0.39 is 47.0 Å². The lowest BCUT2D eigenvalue weighted by Crippen LogP contribution is -2.14. The highest BCUT2D eigenvalue weighted by Gasteiger charge is 2.36. The standard InChI is InChI=1S/C18H9Cl3F6O2/c19-13-6-9(7-14(20)15(13)21)11(17(22,23)24)4-2-8-1-3-10(16(28)29)12(5-8)18(25,26)27/h1,3-7H,2H2,(H,28,29). The monoisotopic (exact) mass is 476 g/mol. The zero-order valence-corrected chi connectivity index (χ0v) is 16.2. The smallest absolute Gasteiger partial charge is 0.417 e. The Balaban J connectivity index is 2.52. The molecular weight excluding hydrogens is 469 g/mol. The van der Waals surface area contributed by atoms with Crippen molar-refractivity contribution in [2.24, 2.45) is 0 Å². The summed E-state index contributed by atoms with van der Waals surface area (Å²) in [4.78, 5) is 11.0. The van der Waals surface area contributed by atoms with Gasteiger partial charge in [-0.3, -0.25) is 0 Å². The molecule has 0 radical (unpaired) electrons. The first kappa shape index (κ1) is 23.4. The summed E-state index contributed by atoms with van der Waals surface area (Å²) in [7, 11) is 0. The molecule has 2 aromatic carbocycles. The molecule has 1 N–H and O–H groups in total. The van der Waals surface area contributed by atoms with E-state index in [4.69, 9.17) is 39.9 Å². The lowest BCUT2D eigenvalue weighted by Gasteiger charge is -2.15. The summed E-state index contributed by atoms with van der Waals surface area (Å²) in [6.07, 6.45) is -9.76. The molecule has 0 atom stereocenters. The number of benzene rings is 2. The Morgan fingerprint density at radius 3 is 1.97 bits per heavy atom. The second-order valence-electron chi connectivity index (χ2n) is 5.76. The van der Waals surface area contributed by atoms with Crippen molar-refractivity contribution in [2.75, 3.05) is 0 Å². The summed E-state index contributed by atoms with van der Waals surface area (Å²) in [5.74, 6) is -1.80. The van der Waals surface area contributed by atoms with Gasteiger partial charge in [0.1, 0.15) is 0 Å². The van der Waals surface area contributed by atoms with Crippen molar-refractivity contribution in [3.05, 3.63) is 73.7 Å². The molecule has 156 valence electrons. The Labute approximate surface area is 175 Å². The number of carboxylic acids is 1. The highest BCUT2D eigenvalue weighted by atomic mass is 35.5. The summed E-state index contributed by atoms with van der Waals surface area (Å²) < 4.78 is 79.6. The number of hydrogen-bond donors (Lipinski definition) is 1. The van der Waals surface area contributed by atoms with Crippen LogP contribution in [0, 0.1) is 0 Å². The molecule has 0 saturated carbocycles. The molecule has 0 spiro atoms. The van der Waals surface area contributed by atoms with E-state index in [0.717, 1.165) is 18.2 Å². The molecule has 0 unspecified atom stereocenters. The van der Waals surface area contributed by atoms with Crippen molar-refractivity contribution >= 4 is 46.3 Å². The van der Waals surface area contributed by atoms with Crippen molar-refractivity contribution in [3.63, 3.8) is 0 Å². The van der Waals surface area contributed by atoms with Crippen molar-refractivity contribution in [1.29, 1.82) is 0 Å². The molecule has 0 fully saturated rings. The first-order valence-corrected chi connectivity index (χ1v) is 8.71. The van der Waals surface area contributed by atoms with Gasteiger partial charge in [0.2, 0.25) is 0 Å². The number of rotatable bonds is 4. The van der Waals surface area contributed by atoms with E-state index in [1.807, 2.05) is 0 Å². The number of aromatic carboxylic acids is 1. The molecule has 2 aromatic rings. The largest absolute Gasteiger partial charge is 0.478 e. The molecule has 11 heteroatoms. The van der Waals surface area contributed by atoms with E-state index in [2.05, 4.69) is 0 Å². The summed E-state index contributed by atoms with van der Waals surface area (Å²) in [6, 6.07) is 4.06. The Bertz CT molecular complexity index is 958. The van der Waals surface area contributed by atoms with Gasteiger partial charge in [0.25, 0.3) is 0 Å². The van der Waals surface area contributed by atoms with Crippen LogP contribution in [-0.2, 0) is 12.6 Å². The topological polar surface area (TPSA) is 37.3 Å². The SMILES string of the molecule is O=C(O)c1ccc(CC=C(c2cc(Cl)c(Cl)c(Cl)c2)C(F)(F)F)cc1C(F)(F)F. The predicted octanol–water partition coefficient (Wildman–Crippen LogP) is 7.55. The predicted molar refractivity (Wildman–Crippen MR) is 97.6 cm³/mol. The summed E-state index contributed by atoms with van der Waals surface area (Å²) >= 11 is 17.2. The Hall–Kier alpha value is -1.90. The van der Waals surface area contributed by atoms with Crippen LogP contribution >= 0.6 is 34.8 Å². The minimum atomic E-state index is -4.99. The average molecular weight is 478 g/mol. The third-order valence-corrected chi connectivity index (χ3v) is 4.96. The van der Waals surface area contributed by atoms with Crippen LogP contribution in [-0.4, -0.2) is 17.3 Å². The second kappa shape index (κ2) is 8.45. The van der Waals surface area contributed by atoms with Gasteiger partial charge in [-0.15, -0.1) is 0 Å². The first-order valence-electron chi connectivity index (χ1n) is 7.57. The molecule has 0 bridgehead atoms. The summed E-state index contributed by atoms with van der Waals surface area (Å²) in [6.45, 7) is 0. The van der Waals surface area contributed by atoms with E-state index in [-0.39, 0.29) is 20.6 Å². The van der Waals surface area contributed by atoms with Crippen LogP contribution < -0.4 is 0 Å². The van der Waals surface area contributed by atoms with Crippen molar-refractivity contribution < 1.29 is 36.2 Å². The van der Waals surface area contributed by atoms with E-state index in [9.17, 15) is 31.1 Å². The maximum Gasteiger partial charge on any atom is 0.417 e. The number of carbonyl (C=O) groups is 1. The van der Waals surface area contributed by atoms with Crippen LogP contribution in [0.25, 0.3) is 5.57 Å². The molecule has 2 rings (SSSR count). The second-order valence-corrected chi connectivity index (χ2v) is 6.95. The summed E-state index contributed by atoms with van der Waals surface area (Å²) in [5, 5.41) is 8.28. The maximum atomic E-state index is 13.5. The van der Waals surface area contributed by atoms with Gasteiger partial charge in [0.05, 0.1) is 31.8 Å². The summed E-state index contributed by atoms with van der Waals surface area (Å²) in [5.41, 5.74) is -4.24. The fourth-order valence-electron chi connectivity index (χ4n) is 2.47. The number of carboxylic acid groups (broad SMARTS) is 1. The minimum absolute atomic E-state index is 0.141. The van der Waals surface area contributed by atoms with Gasteiger partial charge in [0, 0.05) is 0 Å². The fourth-order valence-corrected chi connectivity index (χ4v) is 3.06. The van der Waals surface area contributed by atoms with Gasteiger partial charge in [0.15, 0.2) is 0 Å². The highest BCUT2D eigenvalue weighted by molar-refractivity contribution is 6.48. The van der Waals surface area contributed by atoms with Gasteiger partial charge < -0.3 is 5.11 Å². The van der Waals surface area contributed by atoms with E-state index in [1.165, 1.54) is 0 Å². The molecule has 29 heavy (non-hydrogen) atoms. The van der Waals surface area contributed by atoms with Crippen LogP contribution in [0.3, 0.4) is 0 Å². The Morgan fingerprint density at radius 2 is 1.52 bits per heavy atom.